The van der Waals surface area contributed by atoms with E-state index in [0.717, 1.165) is 0 Å². The van der Waals surface area contributed by atoms with Crippen LogP contribution >= 0.6 is 0 Å². The molecule has 8 heteroatoms. The van der Waals surface area contributed by atoms with Gasteiger partial charge in [-0.3, -0.25) is 14.4 Å². The molecule has 0 spiro atoms. The number of ketones is 1. The van der Waals surface area contributed by atoms with Crippen LogP contribution in [0.2, 0.25) is 0 Å². The van der Waals surface area contributed by atoms with E-state index >= 15 is 0 Å². The molecular weight excluding hydrogens is 280 g/mol. The maximum absolute atomic E-state index is 11.6. The van der Waals surface area contributed by atoms with Crippen LogP contribution in [0.1, 0.15) is 31.3 Å². The zero-order chi connectivity index (χ0) is 15.8. The number of anilines is 1. The first kappa shape index (κ1) is 16.7. The molecule has 21 heavy (non-hydrogen) atoms. The number of ether oxygens (including phenoxy) is 2. The fraction of sp³-hybridized carbons (Fsp3) is 0.538. The molecule has 0 bridgehead atoms. The van der Waals surface area contributed by atoms with Gasteiger partial charge in [-0.15, -0.1) is 0 Å². The average molecular weight is 298 g/mol. The Morgan fingerprint density at radius 3 is 2.05 bits per heavy atom. The minimum atomic E-state index is -0.538. The van der Waals surface area contributed by atoms with Crippen molar-refractivity contribution in [3.05, 3.63) is 12.0 Å². The molecule has 8 nitrogen and oxygen atoms in total. The number of aromatic nitrogens is 1. The normalized spacial score (nSPS) is 10.0. The van der Waals surface area contributed by atoms with Gasteiger partial charge in [0.2, 0.25) is 0 Å². The number of Topliss-reactive ketones (excluding diaryl/α,β-unsaturated/α-hetero) is 1. The Labute approximate surface area is 122 Å². The average Bonchev–Trinajstić information content (AvgIpc) is 2.88. The molecule has 0 aliphatic carbocycles. The van der Waals surface area contributed by atoms with Gasteiger partial charge in [0.05, 0.1) is 19.4 Å². The van der Waals surface area contributed by atoms with Gasteiger partial charge in [0.25, 0.3) is 6.01 Å². The molecule has 1 heterocycles. The quantitative estimate of drug-likeness (QED) is 0.513. The lowest BCUT2D eigenvalue weighted by molar-refractivity contribution is -0.142. The summed E-state index contributed by atoms with van der Waals surface area (Å²) >= 11 is 0. The topological polar surface area (TPSA) is 98.9 Å². The van der Waals surface area contributed by atoms with E-state index in [4.69, 9.17) is 13.9 Å². The number of carbonyl (C=O) groups is 3. The monoisotopic (exact) mass is 298 g/mol. The Kier molecular flexibility index (Phi) is 6.38. The SMILES string of the molecule is CCOC(=O)CN(CC(=O)OCC)c1ncc(C(C)=O)o1. The van der Waals surface area contributed by atoms with E-state index in [9.17, 15) is 14.4 Å². The first-order chi connectivity index (χ1) is 9.97. The van der Waals surface area contributed by atoms with Crippen molar-refractivity contribution in [3.8, 4) is 0 Å². The summed E-state index contributed by atoms with van der Waals surface area (Å²) in [5.74, 6) is -1.34. The second-order valence-corrected chi connectivity index (χ2v) is 4.03. The van der Waals surface area contributed by atoms with E-state index < -0.39 is 11.9 Å². The third-order valence-electron chi connectivity index (χ3n) is 2.36. The largest absolute Gasteiger partial charge is 0.465 e. The minimum absolute atomic E-state index is 0.0127. The highest BCUT2D eigenvalue weighted by Gasteiger charge is 2.21. The van der Waals surface area contributed by atoms with E-state index in [1.54, 1.807) is 13.8 Å². The number of hydrogen-bond donors (Lipinski definition) is 0. The molecule has 1 aromatic heterocycles. The van der Waals surface area contributed by atoms with E-state index in [0.29, 0.717) is 0 Å². The Morgan fingerprint density at radius 1 is 1.14 bits per heavy atom. The van der Waals surface area contributed by atoms with E-state index in [1.165, 1.54) is 18.0 Å². The van der Waals surface area contributed by atoms with E-state index in [-0.39, 0.29) is 43.9 Å². The maximum atomic E-state index is 11.6. The molecule has 1 aromatic rings. The molecule has 0 saturated heterocycles. The molecule has 0 aromatic carbocycles. The van der Waals surface area contributed by atoms with Gasteiger partial charge in [-0.2, -0.15) is 0 Å². The smallest absolute Gasteiger partial charge is 0.325 e. The van der Waals surface area contributed by atoms with Crippen LogP contribution in [0.25, 0.3) is 0 Å². The van der Waals surface area contributed by atoms with Gasteiger partial charge in [-0.05, 0) is 13.8 Å². The number of hydrogen-bond acceptors (Lipinski definition) is 8. The predicted octanol–water partition coefficient (Wildman–Crippen LogP) is 0.810. The summed E-state index contributed by atoms with van der Waals surface area (Å²) in [5, 5.41) is 0. The summed E-state index contributed by atoms with van der Waals surface area (Å²) in [7, 11) is 0. The zero-order valence-corrected chi connectivity index (χ0v) is 12.2. The van der Waals surface area contributed by atoms with Gasteiger partial charge in [0.15, 0.2) is 11.5 Å². The predicted molar refractivity (Wildman–Crippen MR) is 72.0 cm³/mol. The van der Waals surface area contributed by atoms with Crippen molar-refractivity contribution in [2.45, 2.75) is 20.8 Å². The maximum Gasteiger partial charge on any atom is 0.325 e. The Bertz CT molecular complexity index is 491. The van der Waals surface area contributed by atoms with Crippen molar-refractivity contribution in [1.29, 1.82) is 0 Å². The van der Waals surface area contributed by atoms with Crippen LogP contribution in [-0.2, 0) is 19.1 Å². The molecular formula is C13H18N2O6. The lowest BCUT2D eigenvalue weighted by atomic mass is 10.4. The highest BCUT2D eigenvalue weighted by atomic mass is 16.5. The summed E-state index contributed by atoms with van der Waals surface area (Å²) < 4.78 is 14.9. The van der Waals surface area contributed by atoms with Crippen LogP contribution in [0.15, 0.2) is 10.6 Å². The standard InChI is InChI=1S/C13H18N2O6/c1-4-19-11(17)7-15(8-12(18)20-5-2)13-14-6-10(21-13)9(3)16/h6H,4-5,7-8H2,1-3H3. The third kappa shape index (κ3) is 5.25. The molecule has 0 fully saturated rings. The van der Waals surface area contributed by atoms with Gasteiger partial charge >= 0.3 is 11.9 Å². The van der Waals surface area contributed by atoms with Crippen molar-refractivity contribution >= 4 is 23.7 Å². The summed E-state index contributed by atoms with van der Waals surface area (Å²) in [5.41, 5.74) is 0. The number of nitrogens with zero attached hydrogens (tertiary/aromatic N) is 2. The van der Waals surface area contributed by atoms with Crippen molar-refractivity contribution in [2.75, 3.05) is 31.2 Å². The van der Waals surface area contributed by atoms with Crippen LogP contribution in [0.5, 0.6) is 0 Å². The summed E-state index contributed by atoms with van der Waals surface area (Å²) in [4.78, 5) is 39.4. The van der Waals surface area contributed by atoms with Crippen molar-refractivity contribution in [3.63, 3.8) is 0 Å². The van der Waals surface area contributed by atoms with Crippen molar-refractivity contribution in [1.82, 2.24) is 4.98 Å². The molecule has 0 saturated carbocycles. The molecule has 1 rings (SSSR count). The molecule has 0 aliphatic heterocycles. The van der Waals surface area contributed by atoms with Crippen molar-refractivity contribution < 1.29 is 28.3 Å². The zero-order valence-electron chi connectivity index (χ0n) is 12.2. The fourth-order valence-electron chi connectivity index (χ4n) is 1.49. The van der Waals surface area contributed by atoms with Crippen LogP contribution in [0.3, 0.4) is 0 Å². The van der Waals surface area contributed by atoms with E-state index in [2.05, 4.69) is 4.98 Å². The Balaban J connectivity index is 2.85. The molecule has 0 unspecified atom stereocenters. The molecule has 116 valence electrons. The summed E-state index contributed by atoms with van der Waals surface area (Å²) in [6, 6.07) is -0.0127. The summed E-state index contributed by atoms with van der Waals surface area (Å²) in [6.07, 6.45) is 1.24. The Hall–Kier alpha value is -2.38. The molecule has 0 radical (unpaired) electrons. The van der Waals surface area contributed by atoms with Gasteiger partial charge in [0.1, 0.15) is 13.1 Å². The summed E-state index contributed by atoms with van der Waals surface area (Å²) in [6.45, 7) is 4.65. The lowest BCUT2D eigenvalue weighted by Crippen LogP contribution is -2.36. The number of oxazole rings is 1. The highest BCUT2D eigenvalue weighted by Crippen LogP contribution is 2.15. The van der Waals surface area contributed by atoms with Crippen LogP contribution in [-0.4, -0.2) is 49.0 Å². The first-order valence-corrected chi connectivity index (χ1v) is 6.50. The molecule has 0 N–H and O–H groups in total. The molecule has 0 atom stereocenters. The molecule has 0 amide bonds. The third-order valence-corrected chi connectivity index (χ3v) is 2.36. The number of esters is 2. The first-order valence-electron chi connectivity index (χ1n) is 6.50. The van der Waals surface area contributed by atoms with Crippen LogP contribution < -0.4 is 4.90 Å². The second-order valence-electron chi connectivity index (χ2n) is 4.03. The van der Waals surface area contributed by atoms with Gasteiger partial charge in [-0.1, -0.05) is 0 Å². The fourth-order valence-corrected chi connectivity index (χ4v) is 1.49. The van der Waals surface area contributed by atoms with Crippen molar-refractivity contribution in [2.24, 2.45) is 0 Å². The number of carbonyl (C=O) groups excluding carboxylic acids is 3. The van der Waals surface area contributed by atoms with Crippen LogP contribution in [0.4, 0.5) is 6.01 Å². The van der Waals surface area contributed by atoms with E-state index in [1.807, 2.05) is 0 Å². The van der Waals surface area contributed by atoms with Crippen LogP contribution in [0, 0.1) is 0 Å². The van der Waals surface area contributed by atoms with Gasteiger partial charge in [0, 0.05) is 6.92 Å². The number of rotatable bonds is 8. The van der Waals surface area contributed by atoms with Gasteiger partial charge in [-0.25, -0.2) is 4.98 Å². The minimum Gasteiger partial charge on any atom is -0.465 e. The Morgan fingerprint density at radius 2 is 1.67 bits per heavy atom. The lowest BCUT2D eigenvalue weighted by Gasteiger charge is -2.18. The molecule has 0 aliphatic rings. The van der Waals surface area contributed by atoms with Gasteiger partial charge < -0.3 is 18.8 Å². The second kappa shape index (κ2) is 8.03. The highest BCUT2D eigenvalue weighted by molar-refractivity contribution is 5.91.